The topological polar surface area (TPSA) is 90.5 Å². The summed E-state index contributed by atoms with van der Waals surface area (Å²) in [6, 6.07) is -0.216. The van der Waals surface area contributed by atoms with Gasteiger partial charge < -0.3 is 10.6 Å². The fourth-order valence-electron chi connectivity index (χ4n) is 2.39. The quantitative estimate of drug-likeness (QED) is 0.288. The van der Waals surface area contributed by atoms with E-state index in [1.54, 1.807) is 5.48 Å². The Hall–Kier alpha value is -0.980. The van der Waals surface area contributed by atoms with E-state index in [2.05, 4.69) is 17.6 Å². The van der Waals surface area contributed by atoms with Crippen LogP contribution in [0.2, 0.25) is 0 Å². The average molecular weight is 271 g/mol. The summed E-state index contributed by atoms with van der Waals surface area (Å²) < 4.78 is 0. The van der Waals surface area contributed by atoms with Gasteiger partial charge in [-0.3, -0.25) is 14.8 Å². The van der Waals surface area contributed by atoms with Crippen LogP contribution >= 0.6 is 0 Å². The number of nitrogens with one attached hydrogen (secondary N) is 3. The molecule has 110 valence electrons. The minimum atomic E-state index is -0.487. The van der Waals surface area contributed by atoms with Crippen LogP contribution in [0.5, 0.6) is 0 Å². The number of amides is 1. The molecule has 0 radical (unpaired) electrons. The molecule has 19 heavy (non-hydrogen) atoms. The number of ketones is 1. The van der Waals surface area contributed by atoms with E-state index in [0.717, 1.165) is 32.4 Å². The Labute approximate surface area is 114 Å². The molecule has 0 bridgehead atoms. The molecule has 0 aromatic heterocycles. The lowest BCUT2D eigenvalue weighted by molar-refractivity contribution is -0.135. The standard InChI is InChI=1S/C13H25N3O3/c1-2-3-4-5-10(8-12(17)16-19)13(18)11-9-14-6-7-15-11/h10-11,14-15,19H,2-9H2,1H3,(H,16,17)/t10-,11+/m1/s1. The Morgan fingerprint density at radius 1 is 1.37 bits per heavy atom. The number of carbonyl (C=O) groups excluding carboxylic acids is 2. The van der Waals surface area contributed by atoms with Gasteiger partial charge in [0.1, 0.15) is 0 Å². The molecule has 1 heterocycles. The summed E-state index contributed by atoms with van der Waals surface area (Å²) in [6.07, 6.45) is 3.85. The summed E-state index contributed by atoms with van der Waals surface area (Å²) in [5.74, 6) is -0.721. The molecule has 1 aliphatic rings. The Morgan fingerprint density at radius 3 is 2.74 bits per heavy atom. The van der Waals surface area contributed by atoms with Gasteiger partial charge in [0.05, 0.1) is 6.04 Å². The predicted molar refractivity (Wildman–Crippen MR) is 71.8 cm³/mol. The highest BCUT2D eigenvalue weighted by molar-refractivity contribution is 5.90. The van der Waals surface area contributed by atoms with Crippen LogP contribution in [0.3, 0.4) is 0 Å². The first-order chi connectivity index (χ1) is 9.19. The zero-order valence-corrected chi connectivity index (χ0v) is 11.6. The lowest BCUT2D eigenvalue weighted by Crippen LogP contribution is -2.54. The minimum absolute atomic E-state index is 0.0667. The van der Waals surface area contributed by atoms with E-state index in [-0.39, 0.29) is 24.2 Å². The minimum Gasteiger partial charge on any atom is -0.313 e. The molecular weight excluding hydrogens is 246 g/mol. The van der Waals surface area contributed by atoms with E-state index in [4.69, 9.17) is 5.21 Å². The fraction of sp³-hybridized carbons (Fsp3) is 0.846. The Bertz CT molecular complexity index is 291. The highest BCUT2D eigenvalue weighted by Crippen LogP contribution is 2.17. The molecule has 1 saturated heterocycles. The average Bonchev–Trinajstić information content (AvgIpc) is 2.46. The lowest BCUT2D eigenvalue weighted by Gasteiger charge is -2.27. The first kappa shape index (κ1) is 16.1. The summed E-state index contributed by atoms with van der Waals surface area (Å²) >= 11 is 0. The highest BCUT2D eigenvalue weighted by atomic mass is 16.5. The van der Waals surface area contributed by atoms with Crippen molar-refractivity contribution in [2.75, 3.05) is 19.6 Å². The maximum absolute atomic E-state index is 12.4. The molecule has 1 fully saturated rings. The van der Waals surface area contributed by atoms with Crippen molar-refractivity contribution in [3.8, 4) is 0 Å². The molecule has 1 aliphatic heterocycles. The van der Waals surface area contributed by atoms with Crippen molar-refractivity contribution in [3.05, 3.63) is 0 Å². The molecule has 0 aliphatic carbocycles. The Morgan fingerprint density at radius 2 is 2.16 bits per heavy atom. The van der Waals surface area contributed by atoms with E-state index in [1.807, 2.05) is 0 Å². The van der Waals surface area contributed by atoms with Crippen LogP contribution < -0.4 is 16.1 Å². The fourth-order valence-corrected chi connectivity index (χ4v) is 2.39. The maximum Gasteiger partial charge on any atom is 0.244 e. The van der Waals surface area contributed by atoms with Gasteiger partial charge in [-0.2, -0.15) is 0 Å². The molecule has 0 aromatic carbocycles. The normalized spacial score (nSPS) is 20.8. The summed E-state index contributed by atoms with van der Waals surface area (Å²) in [6.45, 7) is 4.35. The first-order valence-corrected chi connectivity index (χ1v) is 7.09. The summed E-state index contributed by atoms with van der Waals surface area (Å²) in [4.78, 5) is 23.7. The third kappa shape index (κ3) is 5.67. The van der Waals surface area contributed by atoms with Crippen LogP contribution in [0.15, 0.2) is 0 Å². The van der Waals surface area contributed by atoms with E-state index < -0.39 is 5.91 Å². The molecule has 0 saturated carbocycles. The SMILES string of the molecule is CCCCC[C@H](CC(=O)NO)C(=O)[C@@H]1CNCCN1. The van der Waals surface area contributed by atoms with Crippen molar-refractivity contribution in [1.82, 2.24) is 16.1 Å². The number of carbonyl (C=O) groups is 2. The molecule has 0 spiro atoms. The molecule has 4 N–H and O–H groups in total. The zero-order chi connectivity index (χ0) is 14.1. The number of unbranched alkanes of at least 4 members (excludes halogenated alkanes) is 2. The highest BCUT2D eigenvalue weighted by Gasteiger charge is 2.29. The van der Waals surface area contributed by atoms with Crippen molar-refractivity contribution in [1.29, 1.82) is 0 Å². The summed E-state index contributed by atoms with van der Waals surface area (Å²) in [5, 5.41) is 15.0. The van der Waals surface area contributed by atoms with Gasteiger partial charge in [0, 0.05) is 32.0 Å². The maximum atomic E-state index is 12.4. The van der Waals surface area contributed by atoms with E-state index in [1.165, 1.54) is 0 Å². The molecule has 1 rings (SSSR count). The van der Waals surface area contributed by atoms with Gasteiger partial charge in [-0.1, -0.05) is 26.2 Å². The van der Waals surface area contributed by atoms with Gasteiger partial charge in [-0.05, 0) is 6.42 Å². The molecule has 6 nitrogen and oxygen atoms in total. The third-order valence-electron chi connectivity index (χ3n) is 3.50. The van der Waals surface area contributed by atoms with Gasteiger partial charge >= 0.3 is 0 Å². The van der Waals surface area contributed by atoms with Crippen molar-refractivity contribution in [2.24, 2.45) is 5.92 Å². The second-order valence-corrected chi connectivity index (χ2v) is 5.05. The molecule has 0 aromatic rings. The zero-order valence-electron chi connectivity index (χ0n) is 11.6. The second kappa shape index (κ2) is 9.01. The first-order valence-electron chi connectivity index (χ1n) is 7.09. The van der Waals surface area contributed by atoms with Crippen LogP contribution in [0.1, 0.15) is 39.0 Å². The monoisotopic (exact) mass is 271 g/mol. The van der Waals surface area contributed by atoms with Gasteiger partial charge in [0.15, 0.2) is 5.78 Å². The van der Waals surface area contributed by atoms with Crippen LogP contribution in [0.4, 0.5) is 0 Å². The van der Waals surface area contributed by atoms with E-state index >= 15 is 0 Å². The summed E-state index contributed by atoms with van der Waals surface area (Å²) in [7, 11) is 0. The van der Waals surface area contributed by atoms with Crippen molar-refractivity contribution < 1.29 is 14.8 Å². The smallest absolute Gasteiger partial charge is 0.244 e. The molecule has 2 atom stereocenters. The van der Waals surface area contributed by atoms with Crippen molar-refractivity contribution in [3.63, 3.8) is 0 Å². The number of hydrogen-bond acceptors (Lipinski definition) is 5. The van der Waals surface area contributed by atoms with Gasteiger partial charge in [0.2, 0.25) is 5.91 Å². The largest absolute Gasteiger partial charge is 0.313 e. The lowest BCUT2D eigenvalue weighted by atomic mass is 9.89. The Kier molecular flexibility index (Phi) is 7.62. The molecule has 6 heteroatoms. The summed E-state index contributed by atoms with van der Waals surface area (Å²) in [5.41, 5.74) is 1.62. The molecular formula is C13H25N3O3. The predicted octanol–water partition coefficient (Wildman–Crippen LogP) is 0.209. The number of hydrogen-bond donors (Lipinski definition) is 4. The van der Waals surface area contributed by atoms with Crippen molar-refractivity contribution in [2.45, 2.75) is 45.1 Å². The van der Waals surface area contributed by atoms with Gasteiger partial charge in [-0.15, -0.1) is 0 Å². The van der Waals surface area contributed by atoms with Crippen LogP contribution in [-0.4, -0.2) is 42.6 Å². The van der Waals surface area contributed by atoms with Gasteiger partial charge in [-0.25, -0.2) is 5.48 Å². The van der Waals surface area contributed by atoms with Crippen molar-refractivity contribution >= 4 is 11.7 Å². The number of Topliss-reactive ketones (excluding diaryl/α,β-unsaturated/α-hetero) is 1. The third-order valence-corrected chi connectivity index (χ3v) is 3.50. The van der Waals surface area contributed by atoms with Crippen LogP contribution in [0, 0.1) is 5.92 Å². The Balaban J connectivity index is 2.53. The molecule has 1 amide bonds. The number of rotatable bonds is 8. The van der Waals surface area contributed by atoms with E-state index in [9.17, 15) is 9.59 Å². The number of piperazine rings is 1. The number of hydroxylamine groups is 1. The van der Waals surface area contributed by atoms with E-state index in [0.29, 0.717) is 13.0 Å². The molecule has 0 unspecified atom stereocenters. The van der Waals surface area contributed by atoms with Crippen LogP contribution in [-0.2, 0) is 9.59 Å². The van der Waals surface area contributed by atoms with Gasteiger partial charge in [0.25, 0.3) is 0 Å². The second-order valence-electron chi connectivity index (χ2n) is 5.05. The van der Waals surface area contributed by atoms with Crippen LogP contribution in [0.25, 0.3) is 0 Å².